The first-order valence-electron chi connectivity index (χ1n) is 6.05. The van der Waals surface area contributed by atoms with Crippen LogP contribution < -0.4 is 10.5 Å². The highest BCUT2D eigenvalue weighted by molar-refractivity contribution is 6.30. The Labute approximate surface area is 117 Å². The number of benzene rings is 2. The number of para-hydroxylation sites is 1. The zero-order chi connectivity index (χ0) is 13.5. The van der Waals surface area contributed by atoms with Gasteiger partial charge in [0.05, 0.1) is 13.2 Å². The van der Waals surface area contributed by atoms with Gasteiger partial charge in [-0.15, -0.1) is 0 Å². The number of nitrogen functional groups attached to an aromatic ring is 1. The van der Waals surface area contributed by atoms with Gasteiger partial charge >= 0.3 is 0 Å². The van der Waals surface area contributed by atoms with Gasteiger partial charge in [0.15, 0.2) is 0 Å². The maximum atomic E-state index is 5.90. The summed E-state index contributed by atoms with van der Waals surface area (Å²) in [4.78, 5) is 0. The van der Waals surface area contributed by atoms with Crippen molar-refractivity contribution in [2.45, 2.75) is 6.61 Å². The van der Waals surface area contributed by atoms with Crippen LogP contribution in [0.2, 0.25) is 5.02 Å². The molecule has 0 saturated carbocycles. The highest BCUT2D eigenvalue weighted by Crippen LogP contribution is 2.18. The number of hydrogen-bond acceptors (Lipinski definition) is 3. The SMILES string of the molecule is Nc1ccc(Cl)cc1COCCOc1ccccc1. The topological polar surface area (TPSA) is 44.5 Å². The van der Waals surface area contributed by atoms with E-state index in [4.69, 9.17) is 26.8 Å². The standard InChI is InChI=1S/C15H16ClNO2/c16-13-6-7-15(17)12(10-13)11-18-8-9-19-14-4-2-1-3-5-14/h1-7,10H,8-9,11,17H2. The molecule has 0 unspecified atom stereocenters. The Morgan fingerprint density at radius 3 is 2.58 bits per heavy atom. The van der Waals surface area contributed by atoms with Crippen molar-refractivity contribution in [3.8, 4) is 5.75 Å². The average molecular weight is 278 g/mol. The molecule has 0 aromatic heterocycles. The Morgan fingerprint density at radius 2 is 1.79 bits per heavy atom. The number of halogens is 1. The van der Waals surface area contributed by atoms with E-state index in [1.807, 2.05) is 36.4 Å². The van der Waals surface area contributed by atoms with Crippen LogP contribution in [-0.4, -0.2) is 13.2 Å². The molecule has 0 spiro atoms. The monoisotopic (exact) mass is 277 g/mol. The van der Waals surface area contributed by atoms with E-state index in [0.29, 0.717) is 30.5 Å². The fourth-order valence-electron chi connectivity index (χ4n) is 1.62. The van der Waals surface area contributed by atoms with Crippen LogP contribution in [0.5, 0.6) is 5.75 Å². The Balaban J connectivity index is 1.71. The van der Waals surface area contributed by atoms with Gasteiger partial charge in [0.2, 0.25) is 0 Å². The normalized spacial score (nSPS) is 10.4. The first-order valence-corrected chi connectivity index (χ1v) is 6.43. The lowest BCUT2D eigenvalue weighted by Crippen LogP contribution is -2.07. The van der Waals surface area contributed by atoms with Crippen LogP contribution in [0.3, 0.4) is 0 Å². The van der Waals surface area contributed by atoms with E-state index in [9.17, 15) is 0 Å². The van der Waals surface area contributed by atoms with E-state index in [2.05, 4.69) is 0 Å². The predicted molar refractivity (Wildman–Crippen MR) is 77.5 cm³/mol. The summed E-state index contributed by atoms with van der Waals surface area (Å²) in [5.74, 6) is 0.841. The highest BCUT2D eigenvalue weighted by atomic mass is 35.5. The Morgan fingerprint density at radius 1 is 1.00 bits per heavy atom. The lowest BCUT2D eigenvalue weighted by Gasteiger charge is -2.09. The highest BCUT2D eigenvalue weighted by Gasteiger charge is 2.00. The molecule has 0 aliphatic heterocycles. The quantitative estimate of drug-likeness (QED) is 0.649. The van der Waals surface area contributed by atoms with Gasteiger partial charge in [-0.2, -0.15) is 0 Å². The molecule has 0 heterocycles. The average Bonchev–Trinajstić information content (AvgIpc) is 2.43. The summed E-state index contributed by atoms with van der Waals surface area (Å²) in [6.45, 7) is 1.44. The van der Waals surface area contributed by atoms with Gasteiger partial charge in [-0.3, -0.25) is 0 Å². The molecule has 0 amide bonds. The minimum atomic E-state index is 0.435. The molecule has 3 nitrogen and oxygen atoms in total. The van der Waals surface area contributed by atoms with Crippen molar-refractivity contribution in [3.05, 3.63) is 59.1 Å². The van der Waals surface area contributed by atoms with Gasteiger partial charge in [0, 0.05) is 16.3 Å². The van der Waals surface area contributed by atoms with Crippen molar-refractivity contribution in [3.63, 3.8) is 0 Å². The van der Waals surface area contributed by atoms with Gasteiger partial charge < -0.3 is 15.2 Å². The summed E-state index contributed by atoms with van der Waals surface area (Å²) in [7, 11) is 0. The van der Waals surface area contributed by atoms with Crippen LogP contribution in [-0.2, 0) is 11.3 Å². The Bertz CT molecular complexity index is 517. The molecule has 0 saturated heterocycles. The van der Waals surface area contributed by atoms with E-state index >= 15 is 0 Å². The fraction of sp³-hybridized carbons (Fsp3) is 0.200. The molecule has 2 N–H and O–H groups in total. The molecule has 0 aliphatic carbocycles. The zero-order valence-electron chi connectivity index (χ0n) is 10.5. The second kappa shape index (κ2) is 7.02. The minimum absolute atomic E-state index is 0.435. The van der Waals surface area contributed by atoms with Crippen LogP contribution in [0.25, 0.3) is 0 Å². The van der Waals surface area contributed by atoms with E-state index in [-0.39, 0.29) is 0 Å². The predicted octanol–water partition coefficient (Wildman–Crippen LogP) is 3.52. The molecule has 0 bridgehead atoms. The van der Waals surface area contributed by atoms with E-state index in [1.54, 1.807) is 12.1 Å². The molecule has 0 aliphatic rings. The minimum Gasteiger partial charge on any atom is -0.491 e. The van der Waals surface area contributed by atoms with Crippen molar-refractivity contribution < 1.29 is 9.47 Å². The molecular formula is C15H16ClNO2. The number of nitrogens with two attached hydrogens (primary N) is 1. The third-order valence-electron chi connectivity index (χ3n) is 2.60. The van der Waals surface area contributed by atoms with Crippen molar-refractivity contribution in [1.82, 2.24) is 0 Å². The first kappa shape index (κ1) is 13.7. The van der Waals surface area contributed by atoms with Crippen LogP contribution in [0.15, 0.2) is 48.5 Å². The number of anilines is 1. The van der Waals surface area contributed by atoms with Crippen molar-refractivity contribution in [1.29, 1.82) is 0 Å². The van der Waals surface area contributed by atoms with Crippen LogP contribution in [0, 0.1) is 0 Å². The maximum absolute atomic E-state index is 5.90. The largest absolute Gasteiger partial charge is 0.491 e. The second-order valence-corrected chi connectivity index (χ2v) is 4.49. The van der Waals surface area contributed by atoms with Crippen LogP contribution in [0.4, 0.5) is 5.69 Å². The second-order valence-electron chi connectivity index (χ2n) is 4.06. The number of rotatable bonds is 6. The zero-order valence-corrected chi connectivity index (χ0v) is 11.3. The fourth-order valence-corrected chi connectivity index (χ4v) is 1.81. The van der Waals surface area contributed by atoms with Crippen molar-refractivity contribution >= 4 is 17.3 Å². The Hall–Kier alpha value is -1.71. The van der Waals surface area contributed by atoms with Gasteiger partial charge in [-0.05, 0) is 30.3 Å². The summed E-state index contributed by atoms with van der Waals surface area (Å²) in [6, 6.07) is 15.0. The first-order chi connectivity index (χ1) is 9.25. The molecule has 19 heavy (non-hydrogen) atoms. The summed E-state index contributed by atoms with van der Waals surface area (Å²) >= 11 is 5.90. The number of hydrogen-bond donors (Lipinski definition) is 1. The van der Waals surface area contributed by atoms with Gasteiger partial charge in [0.1, 0.15) is 12.4 Å². The number of ether oxygens (including phenoxy) is 2. The smallest absolute Gasteiger partial charge is 0.119 e. The molecule has 2 aromatic rings. The molecule has 100 valence electrons. The molecule has 0 radical (unpaired) electrons. The summed E-state index contributed by atoms with van der Waals surface area (Å²) in [5.41, 5.74) is 7.41. The molecule has 2 rings (SSSR count). The molecule has 0 atom stereocenters. The van der Waals surface area contributed by atoms with Crippen molar-refractivity contribution in [2.75, 3.05) is 18.9 Å². The Kier molecular flexibility index (Phi) is 5.07. The molecule has 0 fully saturated rings. The van der Waals surface area contributed by atoms with E-state index < -0.39 is 0 Å². The third-order valence-corrected chi connectivity index (χ3v) is 2.84. The lowest BCUT2D eigenvalue weighted by molar-refractivity contribution is 0.0892. The molecule has 4 heteroatoms. The van der Waals surface area contributed by atoms with Crippen LogP contribution in [0.1, 0.15) is 5.56 Å². The lowest BCUT2D eigenvalue weighted by atomic mass is 10.2. The van der Waals surface area contributed by atoms with E-state index in [0.717, 1.165) is 11.3 Å². The van der Waals surface area contributed by atoms with Crippen molar-refractivity contribution in [2.24, 2.45) is 0 Å². The van der Waals surface area contributed by atoms with E-state index in [1.165, 1.54) is 0 Å². The molecule has 2 aromatic carbocycles. The van der Waals surface area contributed by atoms with Gasteiger partial charge in [0.25, 0.3) is 0 Å². The van der Waals surface area contributed by atoms with Crippen LogP contribution >= 0.6 is 11.6 Å². The summed E-state index contributed by atoms with van der Waals surface area (Å²) in [5, 5.41) is 0.660. The van der Waals surface area contributed by atoms with Gasteiger partial charge in [-0.1, -0.05) is 29.8 Å². The summed E-state index contributed by atoms with van der Waals surface area (Å²) in [6.07, 6.45) is 0. The maximum Gasteiger partial charge on any atom is 0.119 e. The van der Waals surface area contributed by atoms with Gasteiger partial charge in [-0.25, -0.2) is 0 Å². The summed E-state index contributed by atoms with van der Waals surface area (Å²) < 4.78 is 11.0. The third kappa shape index (κ3) is 4.47. The molecular weight excluding hydrogens is 262 g/mol.